The van der Waals surface area contributed by atoms with Crippen molar-refractivity contribution in [3.05, 3.63) is 69.2 Å². The Bertz CT molecular complexity index is 555. The van der Waals surface area contributed by atoms with Gasteiger partial charge < -0.3 is 5.32 Å². The van der Waals surface area contributed by atoms with Crippen LogP contribution < -0.4 is 5.32 Å². The molecular formula is C13H11ClN2O2. The molecule has 0 radical (unpaired) electrons. The number of halogens is 1. The van der Waals surface area contributed by atoms with E-state index in [9.17, 15) is 10.1 Å². The molecule has 0 atom stereocenters. The topological polar surface area (TPSA) is 55.2 Å². The minimum absolute atomic E-state index is 0.0864. The van der Waals surface area contributed by atoms with Gasteiger partial charge in [0.05, 0.1) is 4.92 Å². The molecule has 0 saturated heterocycles. The summed E-state index contributed by atoms with van der Waals surface area (Å²) in [6, 6.07) is 13.8. The normalized spacial score (nSPS) is 10.1. The van der Waals surface area contributed by atoms with Gasteiger partial charge in [0.15, 0.2) is 0 Å². The van der Waals surface area contributed by atoms with E-state index < -0.39 is 4.92 Å². The summed E-state index contributed by atoms with van der Waals surface area (Å²) in [5.41, 5.74) is 1.98. The Hall–Kier alpha value is -2.07. The van der Waals surface area contributed by atoms with E-state index in [-0.39, 0.29) is 5.69 Å². The van der Waals surface area contributed by atoms with Gasteiger partial charge in [-0.2, -0.15) is 0 Å². The maximum absolute atomic E-state index is 10.5. The van der Waals surface area contributed by atoms with Gasteiger partial charge in [-0.25, -0.2) is 0 Å². The zero-order chi connectivity index (χ0) is 13.0. The summed E-state index contributed by atoms with van der Waals surface area (Å²) < 4.78 is 0. The number of rotatable bonds is 4. The maximum atomic E-state index is 10.5. The Kier molecular flexibility index (Phi) is 3.79. The highest BCUT2D eigenvalue weighted by atomic mass is 35.5. The van der Waals surface area contributed by atoms with Crippen LogP contribution in [0.15, 0.2) is 48.5 Å². The highest BCUT2D eigenvalue weighted by Crippen LogP contribution is 2.17. The van der Waals surface area contributed by atoms with Gasteiger partial charge in [0, 0.05) is 29.4 Å². The number of non-ortho nitro benzene ring substituents is 1. The quantitative estimate of drug-likeness (QED) is 0.672. The Morgan fingerprint density at radius 3 is 2.50 bits per heavy atom. The van der Waals surface area contributed by atoms with Crippen LogP contribution in [0, 0.1) is 10.1 Å². The van der Waals surface area contributed by atoms with Crippen molar-refractivity contribution < 1.29 is 4.92 Å². The van der Waals surface area contributed by atoms with E-state index in [4.69, 9.17) is 11.6 Å². The predicted molar refractivity (Wildman–Crippen MR) is 71.9 cm³/mol. The lowest BCUT2D eigenvalue weighted by Gasteiger charge is -2.06. The average molecular weight is 263 g/mol. The molecule has 92 valence electrons. The van der Waals surface area contributed by atoms with E-state index in [1.54, 1.807) is 12.1 Å². The molecule has 0 amide bonds. The molecule has 5 heteroatoms. The number of nitrogens with zero attached hydrogens (tertiary/aromatic N) is 1. The second-order valence-corrected chi connectivity index (χ2v) is 4.22. The molecule has 2 rings (SSSR count). The minimum atomic E-state index is -0.416. The van der Waals surface area contributed by atoms with Crippen LogP contribution in [0.5, 0.6) is 0 Å². The van der Waals surface area contributed by atoms with Gasteiger partial charge in [-0.15, -0.1) is 0 Å². The van der Waals surface area contributed by atoms with E-state index >= 15 is 0 Å². The number of nitrogens with one attached hydrogen (secondary N) is 1. The van der Waals surface area contributed by atoms with Gasteiger partial charge in [-0.1, -0.05) is 23.7 Å². The van der Waals surface area contributed by atoms with Crippen molar-refractivity contribution >= 4 is 23.0 Å². The maximum Gasteiger partial charge on any atom is 0.269 e. The molecule has 0 saturated carbocycles. The Morgan fingerprint density at radius 2 is 1.89 bits per heavy atom. The SMILES string of the molecule is O=[N+]([O-])c1ccc(NCc2cccc(Cl)c2)cc1. The Labute approximate surface area is 109 Å². The predicted octanol–water partition coefficient (Wildman–Crippen LogP) is 3.86. The standard InChI is InChI=1S/C13H11ClN2O2/c14-11-3-1-2-10(8-11)9-15-12-4-6-13(7-5-12)16(17)18/h1-8,15H,9H2. The van der Waals surface area contributed by atoms with Gasteiger partial charge in [0.25, 0.3) is 5.69 Å². The molecule has 2 aromatic carbocycles. The van der Waals surface area contributed by atoms with Crippen LogP contribution in [-0.2, 0) is 6.54 Å². The molecule has 0 aliphatic carbocycles. The van der Waals surface area contributed by atoms with Crippen molar-refractivity contribution in [1.82, 2.24) is 0 Å². The molecule has 0 aliphatic heterocycles. The largest absolute Gasteiger partial charge is 0.381 e. The summed E-state index contributed by atoms with van der Waals surface area (Å²) in [7, 11) is 0. The molecule has 0 aliphatic rings. The molecule has 0 bridgehead atoms. The first-order valence-corrected chi connectivity index (χ1v) is 5.76. The average Bonchev–Trinajstić information content (AvgIpc) is 2.37. The molecule has 0 aromatic heterocycles. The zero-order valence-corrected chi connectivity index (χ0v) is 10.2. The van der Waals surface area contributed by atoms with Crippen LogP contribution in [0.1, 0.15) is 5.56 Å². The fourth-order valence-corrected chi connectivity index (χ4v) is 1.76. The van der Waals surface area contributed by atoms with E-state index in [2.05, 4.69) is 5.32 Å². The molecular weight excluding hydrogens is 252 g/mol. The van der Waals surface area contributed by atoms with E-state index in [0.717, 1.165) is 11.3 Å². The lowest BCUT2D eigenvalue weighted by molar-refractivity contribution is -0.384. The molecule has 0 spiro atoms. The van der Waals surface area contributed by atoms with Gasteiger partial charge in [-0.05, 0) is 29.8 Å². The van der Waals surface area contributed by atoms with Crippen LogP contribution in [0.4, 0.5) is 11.4 Å². The Balaban J connectivity index is 2.00. The summed E-state index contributed by atoms with van der Waals surface area (Å²) in [6.45, 7) is 0.623. The van der Waals surface area contributed by atoms with Crippen molar-refractivity contribution in [3.8, 4) is 0 Å². The van der Waals surface area contributed by atoms with E-state index in [1.807, 2.05) is 24.3 Å². The summed E-state index contributed by atoms with van der Waals surface area (Å²) in [5, 5.41) is 14.4. The highest BCUT2D eigenvalue weighted by molar-refractivity contribution is 6.30. The molecule has 0 fully saturated rings. The number of nitro groups is 1. The van der Waals surface area contributed by atoms with Crippen molar-refractivity contribution in [1.29, 1.82) is 0 Å². The molecule has 4 nitrogen and oxygen atoms in total. The van der Waals surface area contributed by atoms with Crippen LogP contribution in [-0.4, -0.2) is 4.92 Å². The van der Waals surface area contributed by atoms with Crippen molar-refractivity contribution in [2.75, 3.05) is 5.32 Å². The Morgan fingerprint density at radius 1 is 1.17 bits per heavy atom. The first-order valence-electron chi connectivity index (χ1n) is 5.38. The molecule has 2 aromatic rings. The first kappa shape index (κ1) is 12.4. The number of hydrogen-bond acceptors (Lipinski definition) is 3. The van der Waals surface area contributed by atoms with E-state index in [1.165, 1.54) is 12.1 Å². The molecule has 18 heavy (non-hydrogen) atoms. The van der Waals surface area contributed by atoms with Crippen LogP contribution in [0.25, 0.3) is 0 Å². The minimum Gasteiger partial charge on any atom is -0.381 e. The van der Waals surface area contributed by atoms with Gasteiger partial charge >= 0.3 is 0 Å². The molecule has 0 heterocycles. The van der Waals surface area contributed by atoms with Crippen LogP contribution in [0.3, 0.4) is 0 Å². The zero-order valence-electron chi connectivity index (χ0n) is 9.47. The van der Waals surface area contributed by atoms with Gasteiger partial charge in [0.2, 0.25) is 0 Å². The summed E-state index contributed by atoms with van der Waals surface area (Å²) >= 11 is 5.88. The fraction of sp³-hybridized carbons (Fsp3) is 0.0769. The van der Waals surface area contributed by atoms with Crippen LogP contribution >= 0.6 is 11.6 Å². The number of nitro benzene ring substituents is 1. The second kappa shape index (κ2) is 5.51. The molecule has 0 unspecified atom stereocenters. The number of anilines is 1. The smallest absolute Gasteiger partial charge is 0.269 e. The highest BCUT2D eigenvalue weighted by Gasteiger charge is 2.03. The summed E-state index contributed by atoms with van der Waals surface area (Å²) in [5.74, 6) is 0. The third-order valence-electron chi connectivity index (χ3n) is 2.46. The second-order valence-electron chi connectivity index (χ2n) is 3.79. The number of hydrogen-bond donors (Lipinski definition) is 1. The monoisotopic (exact) mass is 262 g/mol. The van der Waals surface area contributed by atoms with Gasteiger partial charge in [0.1, 0.15) is 0 Å². The fourth-order valence-electron chi connectivity index (χ4n) is 1.55. The van der Waals surface area contributed by atoms with Crippen molar-refractivity contribution in [2.24, 2.45) is 0 Å². The summed E-state index contributed by atoms with van der Waals surface area (Å²) in [4.78, 5) is 10.1. The third kappa shape index (κ3) is 3.21. The van der Waals surface area contributed by atoms with E-state index in [0.29, 0.717) is 11.6 Å². The molecule has 1 N–H and O–H groups in total. The van der Waals surface area contributed by atoms with Crippen molar-refractivity contribution in [3.63, 3.8) is 0 Å². The van der Waals surface area contributed by atoms with Crippen molar-refractivity contribution in [2.45, 2.75) is 6.54 Å². The lowest BCUT2D eigenvalue weighted by Crippen LogP contribution is -1.99. The number of benzene rings is 2. The summed E-state index contributed by atoms with van der Waals surface area (Å²) in [6.07, 6.45) is 0. The van der Waals surface area contributed by atoms with Crippen LogP contribution in [0.2, 0.25) is 5.02 Å². The lowest BCUT2D eigenvalue weighted by atomic mass is 10.2. The van der Waals surface area contributed by atoms with Gasteiger partial charge in [-0.3, -0.25) is 10.1 Å². The first-order chi connectivity index (χ1) is 8.65. The third-order valence-corrected chi connectivity index (χ3v) is 2.70.